The lowest BCUT2D eigenvalue weighted by Gasteiger charge is -2.11. The molecular formula is C11H15ClO5. The fourth-order valence-electron chi connectivity index (χ4n) is 1.06. The van der Waals surface area contributed by atoms with Crippen molar-refractivity contribution in [2.75, 3.05) is 13.2 Å². The lowest BCUT2D eigenvalue weighted by molar-refractivity contribution is -0.163. The van der Waals surface area contributed by atoms with Crippen molar-refractivity contribution in [3.05, 3.63) is 11.1 Å². The smallest absolute Gasteiger partial charge is 0.328 e. The van der Waals surface area contributed by atoms with Gasteiger partial charge in [0.15, 0.2) is 5.78 Å². The van der Waals surface area contributed by atoms with Gasteiger partial charge in [-0.05, 0) is 26.8 Å². The summed E-state index contributed by atoms with van der Waals surface area (Å²) in [6.07, 6.45) is 1.00. The molecule has 0 bridgehead atoms. The number of hydrogen-bond acceptors (Lipinski definition) is 5. The molecule has 6 heteroatoms. The summed E-state index contributed by atoms with van der Waals surface area (Å²) in [7, 11) is 0. The molecule has 0 atom stereocenters. The van der Waals surface area contributed by atoms with Gasteiger partial charge in [-0.1, -0.05) is 11.6 Å². The molecule has 0 rings (SSSR count). The first-order valence-corrected chi connectivity index (χ1v) is 5.52. The number of carbonyl (C=O) groups excluding carboxylic acids is 3. The van der Waals surface area contributed by atoms with Gasteiger partial charge in [-0.2, -0.15) is 0 Å². The molecule has 0 N–H and O–H groups in total. The lowest BCUT2D eigenvalue weighted by Crippen LogP contribution is -2.34. The molecule has 0 unspecified atom stereocenters. The molecule has 0 aromatic carbocycles. The Bertz CT molecular complexity index is 313. The standard InChI is InChI=1S/C11H15ClO5/c1-4-16-10(14)9(11(15)17-5-2)8(13)6-7(3)12/h6,9H,4-5H2,1-3H3. The van der Waals surface area contributed by atoms with Crippen LogP contribution in [0.15, 0.2) is 11.1 Å². The summed E-state index contributed by atoms with van der Waals surface area (Å²) in [6.45, 7) is 4.77. The van der Waals surface area contributed by atoms with E-state index < -0.39 is 23.6 Å². The number of halogens is 1. The third-order valence-corrected chi connectivity index (χ3v) is 1.78. The van der Waals surface area contributed by atoms with Gasteiger partial charge in [-0.15, -0.1) is 0 Å². The summed E-state index contributed by atoms with van der Waals surface area (Å²) in [5, 5.41) is 0.175. The molecule has 0 amide bonds. The molecule has 96 valence electrons. The number of carbonyl (C=O) groups is 3. The molecule has 0 aliphatic rings. The second kappa shape index (κ2) is 7.84. The SMILES string of the molecule is CCOC(=O)C(C(=O)C=C(C)Cl)C(=O)OCC. The summed E-state index contributed by atoms with van der Waals surface area (Å²) in [4.78, 5) is 34.6. The van der Waals surface area contributed by atoms with Crippen LogP contribution in [-0.2, 0) is 23.9 Å². The maximum absolute atomic E-state index is 11.6. The van der Waals surface area contributed by atoms with Crippen molar-refractivity contribution in [3.8, 4) is 0 Å². The highest BCUT2D eigenvalue weighted by Crippen LogP contribution is 2.09. The van der Waals surface area contributed by atoms with Crippen LogP contribution in [0.25, 0.3) is 0 Å². The van der Waals surface area contributed by atoms with E-state index >= 15 is 0 Å². The minimum atomic E-state index is -1.59. The van der Waals surface area contributed by atoms with Crippen molar-refractivity contribution in [1.29, 1.82) is 0 Å². The molecule has 0 radical (unpaired) electrons. The van der Waals surface area contributed by atoms with Crippen LogP contribution in [-0.4, -0.2) is 30.9 Å². The van der Waals surface area contributed by atoms with Crippen LogP contribution in [0.5, 0.6) is 0 Å². The van der Waals surface area contributed by atoms with Crippen molar-refractivity contribution < 1.29 is 23.9 Å². The fourth-order valence-corrected chi connectivity index (χ4v) is 1.17. The zero-order valence-corrected chi connectivity index (χ0v) is 10.7. The molecule has 17 heavy (non-hydrogen) atoms. The van der Waals surface area contributed by atoms with Crippen molar-refractivity contribution in [2.45, 2.75) is 20.8 Å². The van der Waals surface area contributed by atoms with Crippen molar-refractivity contribution in [3.63, 3.8) is 0 Å². The Kier molecular flexibility index (Phi) is 7.21. The van der Waals surface area contributed by atoms with Gasteiger partial charge in [0, 0.05) is 5.03 Å². The van der Waals surface area contributed by atoms with Crippen LogP contribution in [0.3, 0.4) is 0 Å². The predicted molar refractivity (Wildman–Crippen MR) is 61.4 cm³/mol. The quantitative estimate of drug-likeness (QED) is 0.412. The van der Waals surface area contributed by atoms with Crippen LogP contribution < -0.4 is 0 Å². The molecule has 0 fully saturated rings. The molecule has 0 saturated carbocycles. The Morgan fingerprint density at radius 1 is 1.12 bits per heavy atom. The highest BCUT2D eigenvalue weighted by atomic mass is 35.5. The van der Waals surface area contributed by atoms with Gasteiger partial charge in [0.2, 0.25) is 5.92 Å². The number of esters is 2. The van der Waals surface area contributed by atoms with E-state index in [9.17, 15) is 14.4 Å². The van der Waals surface area contributed by atoms with E-state index in [4.69, 9.17) is 11.6 Å². The van der Waals surface area contributed by atoms with Gasteiger partial charge < -0.3 is 9.47 Å². The number of allylic oxidation sites excluding steroid dienone is 2. The van der Waals surface area contributed by atoms with Crippen LogP contribution in [0, 0.1) is 5.92 Å². The molecule has 0 heterocycles. The van der Waals surface area contributed by atoms with Crippen molar-refractivity contribution >= 4 is 29.3 Å². The highest BCUT2D eigenvalue weighted by molar-refractivity contribution is 6.32. The summed E-state index contributed by atoms with van der Waals surface area (Å²) < 4.78 is 9.28. The summed E-state index contributed by atoms with van der Waals surface area (Å²) in [6, 6.07) is 0. The fraction of sp³-hybridized carbons (Fsp3) is 0.545. The van der Waals surface area contributed by atoms with Crippen LogP contribution in [0.4, 0.5) is 0 Å². The van der Waals surface area contributed by atoms with Crippen LogP contribution in [0.1, 0.15) is 20.8 Å². The molecule has 0 saturated heterocycles. The molecule has 0 aliphatic carbocycles. The maximum atomic E-state index is 11.6. The van der Waals surface area contributed by atoms with Crippen molar-refractivity contribution in [2.24, 2.45) is 5.92 Å². The largest absolute Gasteiger partial charge is 0.465 e. The number of ether oxygens (including phenoxy) is 2. The van der Waals surface area contributed by atoms with E-state index in [1.54, 1.807) is 13.8 Å². The van der Waals surface area contributed by atoms with E-state index in [1.165, 1.54) is 6.92 Å². The minimum absolute atomic E-state index is 0.0750. The third-order valence-electron chi connectivity index (χ3n) is 1.67. The van der Waals surface area contributed by atoms with E-state index in [0.29, 0.717) is 0 Å². The molecule has 5 nitrogen and oxygen atoms in total. The van der Waals surface area contributed by atoms with Gasteiger partial charge >= 0.3 is 11.9 Å². The molecule has 0 spiro atoms. The second-order valence-corrected chi connectivity index (χ2v) is 3.67. The third kappa shape index (κ3) is 5.49. The van der Waals surface area contributed by atoms with E-state index in [-0.39, 0.29) is 18.2 Å². The summed E-state index contributed by atoms with van der Waals surface area (Å²) in [5.41, 5.74) is 0. The number of hydrogen-bond donors (Lipinski definition) is 0. The predicted octanol–water partition coefficient (Wildman–Crippen LogP) is 1.44. The molecule has 0 aliphatic heterocycles. The first-order chi connectivity index (χ1) is 7.93. The molecule has 0 aromatic rings. The van der Waals surface area contributed by atoms with Gasteiger partial charge in [0.1, 0.15) is 0 Å². The average molecular weight is 263 g/mol. The van der Waals surface area contributed by atoms with E-state index in [0.717, 1.165) is 6.08 Å². The highest BCUT2D eigenvalue weighted by Gasteiger charge is 2.35. The second-order valence-electron chi connectivity index (χ2n) is 3.07. The van der Waals surface area contributed by atoms with E-state index in [1.807, 2.05) is 0 Å². The normalized spacial score (nSPS) is 11.2. The lowest BCUT2D eigenvalue weighted by atomic mass is 10.0. The average Bonchev–Trinajstić information content (AvgIpc) is 2.17. The maximum Gasteiger partial charge on any atom is 0.328 e. The van der Waals surface area contributed by atoms with Gasteiger partial charge in [-0.25, -0.2) is 0 Å². The first kappa shape index (κ1) is 15.6. The summed E-state index contributed by atoms with van der Waals surface area (Å²) >= 11 is 5.52. The van der Waals surface area contributed by atoms with Crippen LogP contribution >= 0.6 is 11.6 Å². The minimum Gasteiger partial charge on any atom is -0.465 e. The van der Waals surface area contributed by atoms with Crippen molar-refractivity contribution in [1.82, 2.24) is 0 Å². The Hall–Kier alpha value is -1.36. The Labute approximate surface area is 105 Å². The molecular weight excluding hydrogens is 248 g/mol. The first-order valence-electron chi connectivity index (χ1n) is 5.14. The van der Waals surface area contributed by atoms with Crippen LogP contribution in [0.2, 0.25) is 0 Å². The monoisotopic (exact) mass is 262 g/mol. The Balaban J connectivity index is 4.97. The summed E-state index contributed by atoms with van der Waals surface area (Å²) in [5.74, 6) is -4.19. The number of ketones is 1. The Morgan fingerprint density at radius 2 is 1.53 bits per heavy atom. The van der Waals surface area contributed by atoms with Gasteiger partial charge in [0.05, 0.1) is 13.2 Å². The topological polar surface area (TPSA) is 69.7 Å². The van der Waals surface area contributed by atoms with Gasteiger partial charge in [-0.3, -0.25) is 14.4 Å². The number of rotatable bonds is 6. The van der Waals surface area contributed by atoms with E-state index in [2.05, 4.69) is 9.47 Å². The zero-order chi connectivity index (χ0) is 13.4. The zero-order valence-electron chi connectivity index (χ0n) is 9.99. The Morgan fingerprint density at radius 3 is 1.82 bits per heavy atom. The van der Waals surface area contributed by atoms with Gasteiger partial charge in [0.25, 0.3) is 0 Å². The molecule has 0 aromatic heterocycles.